The molecule has 1 aliphatic rings. The molecule has 0 aliphatic carbocycles. The van der Waals surface area contributed by atoms with E-state index >= 15 is 0 Å². The van der Waals surface area contributed by atoms with E-state index in [1.807, 2.05) is 18.2 Å². The van der Waals surface area contributed by atoms with Gasteiger partial charge in [0.05, 0.1) is 6.54 Å². The second-order valence-corrected chi connectivity index (χ2v) is 5.99. The Morgan fingerprint density at radius 2 is 2.17 bits per heavy atom. The number of aromatic hydroxyl groups is 1. The summed E-state index contributed by atoms with van der Waals surface area (Å²) in [6.07, 6.45) is 3.40. The topological polar surface area (TPSA) is 59.9 Å². The van der Waals surface area contributed by atoms with Gasteiger partial charge in [-0.3, -0.25) is 9.89 Å². The van der Waals surface area contributed by atoms with E-state index in [2.05, 4.69) is 29.4 Å². The third kappa shape index (κ3) is 6.84. The van der Waals surface area contributed by atoms with E-state index < -0.39 is 0 Å². The quantitative estimate of drug-likeness (QED) is 0.343. The van der Waals surface area contributed by atoms with E-state index in [1.165, 1.54) is 19.4 Å². The number of hydrogen-bond acceptors (Lipinski definition) is 3. The molecule has 1 aliphatic heterocycles. The van der Waals surface area contributed by atoms with Crippen molar-refractivity contribution < 1.29 is 5.11 Å². The Morgan fingerprint density at radius 1 is 1.33 bits per heavy atom. The number of phenolic OH excluding ortho intramolecular Hbond substituents is 1. The molecular weight excluding hydrogens is 415 g/mol. The molecule has 1 aromatic carbocycles. The predicted octanol–water partition coefficient (Wildman–Crippen LogP) is 2.59. The van der Waals surface area contributed by atoms with Crippen LogP contribution >= 0.6 is 24.0 Å². The summed E-state index contributed by atoms with van der Waals surface area (Å²) in [5.41, 5.74) is 1.13. The maximum atomic E-state index is 9.50. The first-order chi connectivity index (χ1) is 11.2. The van der Waals surface area contributed by atoms with Gasteiger partial charge in [-0.05, 0) is 57.0 Å². The van der Waals surface area contributed by atoms with E-state index in [-0.39, 0.29) is 24.0 Å². The van der Waals surface area contributed by atoms with Crippen LogP contribution in [0.5, 0.6) is 5.75 Å². The number of aliphatic imine (C=N–C) groups is 1. The number of benzene rings is 1. The molecule has 0 amide bonds. The van der Waals surface area contributed by atoms with E-state index in [0.717, 1.165) is 44.1 Å². The average Bonchev–Trinajstić information content (AvgIpc) is 3.00. The van der Waals surface area contributed by atoms with Crippen LogP contribution in [-0.4, -0.2) is 54.7 Å². The largest absolute Gasteiger partial charge is 0.508 e. The maximum absolute atomic E-state index is 9.50. The molecule has 0 radical (unpaired) electrons. The number of guanidine groups is 1. The van der Waals surface area contributed by atoms with Gasteiger partial charge < -0.3 is 15.7 Å². The van der Waals surface area contributed by atoms with Gasteiger partial charge in [-0.25, -0.2) is 0 Å². The fourth-order valence-electron chi connectivity index (χ4n) is 3.09. The van der Waals surface area contributed by atoms with Gasteiger partial charge in [0.25, 0.3) is 0 Å². The highest BCUT2D eigenvalue weighted by Gasteiger charge is 2.22. The molecule has 0 aromatic heterocycles. The Hall–Kier alpha value is -1.02. The molecule has 1 unspecified atom stereocenters. The molecule has 1 fully saturated rings. The Bertz CT molecular complexity index is 510. The van der Waals surface area contributed by atoms with Crippen LogP contribution in [0.15, 0.2) is 29.3 Å². The molecule has 0 bridgehead atoms. The highest BCUT2D eigenvalue weighted by atomic mass is 127. The molecule has 2 rings (SSSR count). The van der Waals surface area contributed by atoms with Crippen LogP contribution in [0.2, 0.25) is 0 Å². The van der Waals surface area contributed by atoms with Crippen LogP contribution < -0.4 is 10.6 Å². The van der Waals surface area contributed by atoms with Gasteiger partial charge in [-0.1, -0.05) is 19.1 Å². The smallest absolute Gasteiger partial charge is 0.191 e. The fourth-order valence-corrected chi connectivity index (χ4v) is 3.09. The van der Waals surface area contributed by atoms with Crippen molar-refractivity contribution in [1.29, 1.82) is 0 Å². The molecule has 136 valence electrons. The normalized spacial score (nSPS) is 18.2. The number of nitrogens with one attached hydrogen (secondary N) is 2. The van der Waals surface area contributed by atoms with Crippen molar-refractivity contribution in [2.75, 3.05) is 32.7 Å². The van der Waals surface area contributed by atoms with Crippen LogP contribution in [0.1, 0.15) is 32.3 Å². The van der Waals surface area contributed by atoms with Crippen LogP contribution in [0, 0.1) is 0 Å². The molecule has 1 heterocycles. The molecule has 1 atom stereocenters. The van der Waals surface area contributed by atoms with E-state index in [4.69, 9.17) is 4.99 Å². The summed E-state index contributed by atoms with van der Waals surface area (Å²) >= 11 is 0. The summed E-state index contributed by atoms with van der Waals surface area (Å²) in [6, 6.07) is 8.00. The second kappa shape index (κ2) is 11.5. The molecule has 0 saturated carbocycles. The van der Waals surface area contributed by atoms with Crippen molar-refractivity contribution in [3.8, 4) is 5.75 Å². The number of likely N-dealkylation sites (N-methyl/N-ethyl adjacent to an activating group) is 1. The first-order valence-electron chi connectivity index (χ1n) is 8.77. The summed E-state index contributed by atoms with van der Waals surface area (Å²) in [5, 5.41) is 16.2. The molecule has 1 saturated heterocycles. The molecule has 3 N–H and O–H groups in total. The summed E-state index contributed by atoms with van der Waals surface area (Å²) in [7, 11) is 0. The Kier molecular flexibility index (Phi) is 10.1. The Labute approximate surface area is 162 Å². The van der Waals surface area contributed by atoms with Crippen molar-refractivity contribution in [3.05, 3.63) is 29.8 Å². The third-order valence-electron chi connectivity index (χ3n) is 4.33. The molecular formula is C18H31IN4O. The van der Waals surface area contributed by atoms with Crippen LogP contribution in [0.25, 0.3) is 0 Å². The van der Waals surface area contributed by atoms with Crippen LogP contribution in [0.3, 0.4) is 0 Å². The number of halogens is 1. The highest BCUT2D eigenvalue weighted by molar-refractivity contribution is 14.0. The predicted molar refractivity (Wildman–Crippen MR) is 111 cm³/mol. The number of nitrogens with zero attached hydrogens (tertiary/aromatic N) is 2. The lowest BCUT2D eigenvalue weighted by molar-refractivity contribution is 0.273. The van der Waals surface area contributed by atoms with Gasteiger partial charge in [0, 0.05) is 19.1 Å². The monoisotopic (exact) mass is 446 g/mol. The van der Waals surface area contributed by atoms with E-state index in [1.54, 1.807) is 6.07 Å². The van der Waals surface area contributed by atoms with Gasteiger partial charge in [0.1, 0.15) is 5.75 Å². The summed E-state index contributed by atoms with van der Waals surface area (Å²) in [5.74, 6) is 1.21. The third-order valence-corrected chi connectivity index (χ3v) is 4.33. The zero-order chi connectivity index (χ0) is 16.5. The van der Waals surface area contributed by atoms with Crippen molar-refractivity contribution >= 4 is 29.9 Å². The first-order valence-corrected chi connectivity index (χ1v) is 8.77. The van der Waals surface area contributed by atoms with Gasteiger partial charge >= 0.3 is 0 Å². The number of rotatable bonds is 7. The minimum atomic E-state index is 0. The van der Waals surface area contributed by atoms with E-state index in [0.29, 0.717) is 11.8 Å². The molecule has 0 spiro atoms. The maximum Gasteiger partial charge on any atom is 0.191 e. The number of likely N-dealkylation sites (tertiary alicyclic amines) is 1. The second-order valence-electron chi connectivity index (χ2n) is 5.99. The number of phenols is 1. The lowest BCUT2D eigenvalue weighted by Crippen LogP contribution is -2.40. The lowest BCUT2D eigenvalue weighted by Gasteiger charge is -2.21. The molecule has 5 nitrogen and oxygen atoms in total. The standard InChI is InChI=1S/C18H30N4O.HI/c1-3-19-18(21-14-16-8-6-12-22(16)4-2)20-11-10-15-7-5-9-17(23)13-15;/h5,7,9,13,16,23H,3-4,6,8,10-12,14H2,1-2H3,(H2,19,20,21);1H. The summed E-state index contributed by atoms with van der Waals surface area (Å²) < 4.78 is 0. The minimum absolute atomic E-state index is 0. The van der Waals surface area contributed by atoms with Gasteiger partial charge in [0.2, 0.25) is 0 Å². The summed E-state index contributed by atoms with van der Waals surface area (Å²) in [4.78, 5) is 7.26. The van der Waals surface area contributed by atoms with Crippen LogP contribution in [-0.2, 0) is 6.42 Å². The minimum Gasteiger partial charge on any atom is -0.508 e. The zero-order valence-electron chi connectivity index (χ0n) is 14.8. The van der Waals surface area contributed by atoms with Crippen molar-refractivity contribution in [1.82, 2.24) is 15.5 Å². The molecule has 1 aromatic rings. The molecule has 6 heteroatoms. The fraction of sp³-hybridized carbons (Fsp3) is 0.611. The average molecular weight is 446 g/mol. The van der Waals surface area contributed by atoms with E-state index in [9.17, 15) is 5.11 Å². The van der Waals surface area contributed by atoms with Gasteiger partial charge in [0.15, 0.2) is 5.96 Å². The lowest BCUT2D eigenvalue weighted by atomic mass is 10.1. The van der Waals surface area contributed by atoms with Crippen molar-refractivity contribution in [2.24, 2.45) is 4.99 Å². The highest BCUT2D eigenvalue weighted by Crippen LogP contribution is 2.16. The summed E-state index contributed by atoms with van der Waals surface area (Å²) in [6.45, 7) is 9.15. The Balaban J connectivity index is 0.00000288. The molecule has 24 heavy (non-hydrogen) atoms. The zero-order valence-corrected chi connectivity index (χ0v) is 17.1. The Morgan fingerprint density at radius 3 is 2.88 bits per heavy atom. The first kappa shape index (κ1) is 21.0. The van der Waals surface area contributed by atoms with Crippen molar-refractivity contribution in [2.45, 2.75) is 39.2 Å². The van der Waals surface area contributed by atoms with Gasteiger partial charge in [-0.15, -0.1) is 24.0 Å². The van der Waals surface area contributed by atoms with Crippen molar-refractivity contribution in [3.63, 3.8) is 0 Å². The van der Waals surface area contributed by atoms with Crippen LogP contribution in [0.4, 0.5) is 0 Å². The number of hydrogen-bond donors (Lipinski definition) is 3. The van der Waals surface area contributed by atoms with Gasteiger partial charge in [-0.2, -0.15) is 0 Å². The SMILES string of the molecule is CCNC(=NCC1CCCN1CC)NCCc1cccc(O)c1.I.